The number of aliphatic carboxylic acids is 1. The molecule has 0 saturated carbocycles. The zero-order valence-electron chi connectivity index (χ0n) is 12.0. The van der Waals surface area contributed by atoms with Gasteiger partial charge in [0.15, 0.2) is 0 Å². The Hall–Kier alpha value is -2.82. The number of hydrogen-bond donors (Lipinski definition) is 1. The highest BCUT2D eigenvalue weighted by atomic mass is 16.5. The van der Waals surface area contributed by atoms with Gasteiger partial charge in [-0.25, -0.2) is 4.79 Å². The molecule has 112 valence electrons. The van der Waals surface area contributed by atoms with Crippen LogP contribution in [0.2, 0.25) is 0 Å². The Labute approximate surface area is 126 Å². The van der Waals surface area contributed by atoms with Gasteiger partial charge in [-0.3, -0.25) is 4.79 Å². The van der Waals surface area contributed by atoms with E-state index in [1.54, 1.807) is 37.3 Å². The van der Waals surface area contributed by atoms with Gasteiger partial charge in [0.1, 0.15) is 11.2 Å². The van der Waals surface area contributed by atoms with Crippen LogP contribution in [0.15, 0.2) is 40.8 Å². The normalized spacial score (nSPS) is 11.0. The van der Waals surface area contributed by atoms with E-state index in [0.29, 0.717) is 28.9 Å². The quantitative estimate of drug-likeness (QED) is 0.747. The van der Waals surface area contributed by atoms with E-state index in [-0.39, 0.29) is 12.4 Å². The van der Waals surface area contributed by atoms with Gasteiger partial charge in [0, 0.05) is 10.8 Å². The predicted molar refractivity (Wildman–Crippen MR) is 81.0 cm³/mol. The van der Waals surface area contributed by atoms with Gasteiger partial charge in [-0.05, 0) is 36.8 Å². The molecule has 0 aliphatic rings. The van der Waals surface area contributed by atoms with Crippen molar-refractivity contribution in [3.05, 3.63) is 47.5 Å². The summed E-state index contributed by atoms with van der Waals surface area (Å²) in [5.41, 5.74) is 2.39. The number of carbonyl (C=O) groups is 2. The van der Waals surface area contributed by atoms with E-state index in [1.165, 1.54) is 0 Å². The first-order chi connectivity index (χ1) is 10.6. The molecule has 0 atom stereocenters. The number of hydrogen-bond acceptors (Lipinski definition) is 4. The van der Waals surface area contributed by atoms with Crippen LogP contribution in [-0.4, -0.2) is 23.7 Å². The number of carbonyl (C=O) groups excluding carboxylic acids is 1. The molecule has 0 fully saturated rings. The SMILES string of the molecule is CCOC(=O)c1ccc2oc3cc(CC(=O)O)ccc3c2c1. The molecule has 0 aliphatic carbocycles. The van der Waals surface area contributed by atoms with E-state index in [9.17, 15) is 9.59 Å². The fraction of sp³-hybridized carbons (Fsp3) is 0.176. The van der Waals surface area contributed by atoms with Crippen LogP contribution in [0.5, 0.6) is 0 Å². The maximum atomic E-state index is 11.8. The van der Waals surface area contributed by atoms with Gasteiger partial charge in [0.2, 0.25) is 0 Å². The summed E-state index contributed by atoms with van der Waals surface area (Å²) in [6.07, 6.45) is -0.0545. The number of carboxylic acids is 1. The van der Waals surface area contributed by atoms with Crippen molar-refractivity contribution in [3.8, 4) is 0 Å². The lowest BCUT2D eigenvalue weighted by molar-refractivity contribution is -0.136. The van der Waals surface area contributed by atoms with Crippen LogP contribution in [0.25, 0.3) is 21.9 Å². The summed E-state index contributed by atoms with van der Waals surface area (Å²) in [6, 6.07) is 10.4. The number of ether oxygens (including phenoxy) is 1. The van der Waals surface area contributed by atoms with Crippen molar-refractivity contribution >= 4 is 33.9 Å². The molecule has 3 rings (SSSR count). The fourth-order valence-corrected chi connectivity index (χ4v) is 2.45. The Morgan fingerprint density at radius 2 is 1.91 bits per heavy atom. The van der Waals surface area contributed by atoms with Crippen molar-refractivity contribution in [1.29, 1.82) is 0 Å². The lowest BCUT2D eigenvalue weighted by Crippen LogP contribution is -2.03. The molecule has 22 heavy (non-hydrogen) atoms. The minimum Gasteiger partial charge on any atom is -0.481 e. The van der Waals surface area contributed by atoms with Gasteiger partial charge in [-0.15, -0.1) is 0 Å². The van der Waals surface area contributed by atoms with Gasteiger partial charge in [-0.2, -0.15) is 0 Å². The Kier molecular flexibility index (Phi) is 3.55. The largest absolute Gasteiger partial charge is 0.481 e. The third-order valence-corrected chi connectivity index (χ3v) is 3.40. The summed E-state index contributed by atoms with van der Waals surface area (Å²) in [6.45, 7) is 2.08. The van der Waals surface area contributed by atoms with Crippen molar-refractivity contribution in [2.24, 2.45) is 0 Å². The van der Waals surface area contributed by atoms with E-state index in [2.05, 4.69) is 0 Å². The van der Waals surface area contributed by atoms with Gasteiger partial charge < -0.3 is 14.3 Å². The Morgan fingerprint density at radius 3 is 2.64 bits per heavy atom. The highest BCUT2D eigenvalue weighted by molar-refractivity contribution is 6.07. The second-order valence-corrected chi connectivity index (χ2v) is 4.93. The predicted octanol–water partition coefficient (Wildman–Crippen LogP) is 3.39. The molecule has 1 N–H and O–H groups in total. The lowest BCUT2D eigenvalue weighted by atomic mass is 10.1. The summed E-state index contributed by atoms with van der Waals surface area (Å²) >= 11 is 0. The van der Waals surface area contributed by atoms with Crippen molar-refractivity contribution in [1.82, 2.24) is 0 Å². The van der Waals surface area contributed by atoms with Crippen LogP contribution in [-0.2, 0) is 16.0 Å². The molecular formula is C17H14O5. The van der Waals surface area contributed by atoms with Crippen molar-refractivity contribution in [2.75, 3.05) is 6.61 Å². The van der Waals surface area contributed by atoms with Crippen molar-refractivity contribution < 1.29 is 23.8 Å². The molecule has 3 aromatic rings. The van der Waals surface area contributed by atoms with Gasteiger partial charge in [0.05, 0.1) is 18.6 Å². The zero-order chi connectivity index (χ0) is 15.7. The Morgan fingerprint density at radius 1 is 1.09 bits per heavy atom. The van der Waals surface area contributed by atoms with E-state index in [0.717, 1.165) is 10.8 Å². The standard InChI is InChI=1S/C17H14O5/c1-2-21-17(20)11-4-6-14-13(9-11)12-5-3-10(8-16(18)19)7-15(12)22-14/h3-7,9H,2,8H2,1H3,(H,18,19). The zero-order valence-corrected chi connectivity index (χ0v) is 12.0. The number of rotatable bonds is 4. The number of benzene rings is 2. The first kappa shape index (κ1) is 14.1. The molecule has 0 unspecified atom stereocenters. The van der Waals surface area contributed by atoms with Crippen molar-refractivity contribution in [2.45, 2.75) is 13.3 Å². The number of esters is 1. The first-order valence-corrected chi connectivity index (χ1v) is 6.92. The van der Waals surface area contributed by atoms with E-state index >= 15 is 0 Å². The van der Waals surface area contributed by atoms with Crippen LogP contribution in [0.3, 0.4) is 0 Å². The number of carboxylic acid groups (broad SMARTS) is 1. The molecule has 0 amide bonds. The second kappa shape index (κ2) is 5.52. The van der Waals surface area contributed by atoms with Crippen LogP contribution < -0.4 is 0 Å². The second-order valence-electron chi connectivity index (χ2n) is 4.93. The molecular weight excluding hydrogens is 284 g/mol. The Balaban J connectivity index is 2.10. The molecule has 0 bridgehead atoms. The topological polar surface area (TPSA) is 76.7 Å². The molecule has 5 heteroatoms. The molecule has 0 saturated heterocycles. The minimum atomic E-state index is -0.889. The van der Waals surface area contributed by atoms with Crippen LogP contribution in [0.4, 0.5) is 0 Å². The average molecular weight is 298 g/mol. The number of fused-ring (bicyclic) bond motifs is 3. The third kappa shape index (κ3) is 2.53. The van der Waals surface area contributed by atoms with E-state index < -0.39 is 5.97 Å². The molecule has 0 radical (unpaired) electrons. The monoisotopic (exact) mass is 298 g/mol. The summed E-state index contributed by atoms with van der Waals surface area (Å²) in [5, 5.41) is 10.5. The van der Waals surface area contributed by atoms with Crippen LogP contribution >= 0.6 is 0 Å². The highest BCUT2D eigenvalue weighted by Crippen LogP contribution is 2.30. The van der Waals surface area contributed by atoms with E-state index in [4.69, 9.17) is 14.3 Å². The molecule has 1 heterocycles. The summed E-state index contributed by atoms with van der Waals surface area (Å²) in [4.78, 5) is 22.6. The smallest absolute Gasteiger partial charge is 0.338 e. The summed E-state index contributed by atoms with van der Waals surface area (Å²) in [7, 11) is 0. The molecule has 2 aromatic carbocycles. The van der Waals surface area contributed by atoms with Crippen molar-refractivity contribution in [3.63, 3.8) is 0 Å². The Bertz CT molecular complexity index is 875. The third-order valence-electron chi connectivity index (χ3n) is 3.40. The summed E-state index contributed by atoms with van der Waals surface area (Å²) < 4.78 is 10.7. The highest BCUT2D eigenvalue weighted by Gasteiger charge is 2.13. The molecule has 0 aliphatic heterocycles. The molecule has 0 spiro atoms. The van der Waals surface area contributed by atoms with Gasteiger partial charge >= 0.3 is 11.9 Å². The molecule has 1 aromatic heterocycles. The van der Waals surface area contributed by atoms with Gasteiger partial charge in [-0.1, -0.05) is 12.1 Å². The van der Waals surface area contributed by atoms with E-state index in [1.807, 2.05) is 6.07 Å². The summed E-state index contributed by atoms with van der Waals surface area (Å²) in [5.74, 6) is -1.26. The molecule has 5 nitrogen and oxygen atoms in total. The van der Waals surface area contributed by atoms with Crippen LogP contribution in [0, 0.1) is 0 Å². The minimum absolute atomic E-state index is 0.0545. The fourth-order valence-electron chi connectivity index (χ4n) is 2.45. The van der Waals surface area contributed by atoms with Crippen LogP contribution in [0.1, 0.15) is 22.8 Å². The van der Waals surface area contributed by atoms with Gasteiger partial charge in [0.25, 0.3) is 0 Å². The number of furan rings is 1. The average Bonchev–Trinajstić information content (AvgIpc) is 2.83. The maximum absolute atomic E-state index is 11.8. The lowest BCUT2D eigenvalue weighted by Gasteiger charge is -2.01. The maximum Gasteiger partial charge on any atom is 0.338 e. The first-order valence-electron chi connectivity index (χ1n) is 6.92.